The molecule has 3 atom stereocenters. The standard InChI is InChI=1S/C13H15ClF3N3/c1-19-6-9-4-10(7-19)20(9)12(13(15,16)17)8-2-3-11(14)18-5-8/h2-3,5,9-10,12H,4,6-7H2,1H3. The monoisotopic (exact) mass is 305 g/mol. The van der Waals surface area contributed by atoms with Gasteiger partial charge in [0.25, 0.3) is 0 Å². The zero-order chi connectivity index (χ0) is 14.5. The van der Waals surface area contributed by atoms with E-state index >= 15 is 0 Å². The molecular weight excluding hydrogens is 291 g/mol. The summed E-state index contributed by atoms with van der Waals surface area (Å²) in [5, 5.41) is 0.207. The maximum absolute atomic E-state index is 13.5. The van der Waals surface area contributed by atoms with Crippen LogP contribution in [-0.2, 0) is 0 Å². The highest BCUT2D eigenvalue weighted by Crippen LogP contribution is 2.46. The molecule has 0 saturated carbocycles. The summed E-state index contributed by atoms with van der Waals surface area (Å²) in [7, 11) is 1.95. The predicted octanol–water partition coefficient (Wildman–Crippen LogP) is 2.73. The van der Waals surface area contributed by atoms with Crippen molar-refractivity contribution in [3.63, 3.8) is 0 Å². The number of hydrogen-bond acceptors (Lipinski definition) is 3. The number of rotatable bonds is 2. The van der Waals surface area contributed by atoms with Gasteiger partial charge in [0, 0.05) is 31.4 Å². The molecule has 3 aliphatic heterocycles. The largest absolute Gasteiger partial charge is 0.408 e. The third-order valence-corrected chi connectivity index (χ3v) is 4.33. The number of alkyl halides is 3. The molecule has 7 heteroatoms. The van der Waals surface area contributed by atoms with Gasteiger partial charge in [-0.3, -0.25) is 4.90 Å². The Balaban J connectivity index is 1.90. The van der Waals surface area contributed by atoms with Crippen molar-refractivity contribution in [2.45, 2.75) is 30.7 Å². The lowest BCUT2D eigenvalue weighted by Gasteiger charge is -2.58. The fourth-order valence-corrected chi connectivity index (χ4v) is 3.46. The number of likely N-dealkylation sites (N-methyl/N-ethyl adjacent to an activating group) is 1. The summed E-state index contributed by atoms with van der Waals surface area (Å²) in [4.78, 5) is 7.47. The molecule has 1 aromatic rings. The first-order chi connectivity index (χ1) is 9.36. The Kier molecular flexibility index (Phi) is 3.43. The predicted molar refractivity (Wildman–Crippen MR) is 69.6 cm³/mol. The molecular formula is C13H15ClF3N3. The van der Waals surface area contributed by atoms with E-state index in [2.05, 4.69) is 9.88 Å². The number of pyridine rings is 1. The van der Waals surface area contributed by atoms with Gasteiger partial charge < -0.3 is 4.90 Å². The van der Waals surface area contributed by atoms with Crippen LogP contribution in [-0.4, -0.2) is 53.2 Å². The Morgan fingerprint density at radius 1 is 1.30 bits per heavy atom. The second kappa shape index (κ2) is 4.86. The van der Waals surface area contributed by atoms with Crippen molar-refractivity contribution in [2.24, 2.45) is 0 Å². The van der Waals surface area contributed by atoms with Crippen molar-refractivity contribution in [3.05, 3.63) is 29.0 Å². The van der Waals surface area contributed by atoms with Crippen LogP contribution < -0.4 is 0 Å². The van der Waals surface area contributed by atoms with Gasteiger partial charge in [0.1, 0.15) is 11.2 Å². The van der Waals surface area contributed by atoms with E-state index in [1.807, 2.05) is 7.05 Å². The molecule has 3 fully saturated rings. The second-order valence-electron chi connectivity index (χ2n) is 5.57. The molecule has 2 bridgehead atoms. The zero-order valence-electron chi connectivity index (χ0n) is 10.9. The van der Waals surface area contributed by atoms with Gasteiger partial charge in [-0.1, -0.05) is 17.7 Å². The summed E-state index contributed by atoms with van der Waals surface area (Å²) in [6.45, 7) is 1.37. The molecule has 0 spiro atoms. The smallest absolute Gasteiger partial charge is 0.303 e. The van der Waals surface area contributed by atoms with Crippen LogP contribution >= 0.6 is 11.6 Å². The third kappa shape index (κ3) is 2.40. The molecule has 20 heavy (non-hydrogen) atoms. The first-order valence-electron chi connectivity index (χ1n) is 6.50. The lowest BCUT2D eigenvalue weighted by molar-refractivity contribution is -0.230. The van der Waals surface area contributed by atoms with Gasteiger partial charge in [0.15, 0.2) is 0 Å². The minimum absolute atomic E-state index is 0.0268. The summed E-state index contributed by atoms with van der Waals surface area (Å²) >= 11 is 5.66. The number of halogens is 4. The van der Waals surface area contributed by atoms with Gasteiger partial charge in [0.05, 0.1) is 0 Å². The van der Waals surface area contributed by atoms with E-state index in [9.17, 15) is 13.2 Å². The maximum atomic E-state index is 13.5. The first-order valence-corrected chi connectivity index (χ1v) is 6.88. The molecule has 0 aliphatic carbocycles. The maximum Gasteiger partial charge on any atom is 0.408 e. The Morgan fingerprint density at radius 2 is 1.95 bits per heavy atom. The molecule has 0 radical (unpaired) electrons. The van der Waals surface area contributed by atoms with E-state index in [4.69, 9.17) is 11.6 Å². The van der Waals surface area contributed by atoms with Crippen LogP contribution in [0.15, 0.2) is 18.3 Å². The van der Waals surface area contributed by atoms with E-state index in [1.165, 1.54) is 18.3 Å². The molecule has 0 amide bonds. The molecule has 3 unspecified atom stereocenters. The fourth-order valence-electron chi connectivity index (χ4n) is 3.35. The van der Waals surface area contributed by atoms with E-state index in [-0.39, 0.29) is 22.8 Å². The average molecular weight is 306 g/mol. The molecule has 3 nitrogen and oxygen atoms in total. The van der Waals surface area contributed by atoms with Crippen LogP contribution in [0.25, 0.3) is 0 Å². The van der Waals surface area contributed by atoms with Crippen LogP contribution in [0.3, 0.4) is 0 Å². The lowest BCUT2D eigenvalue weighted by atomic mass is 9.84. The molecule has 0 N–H and O–H groups in total. The molecule has 4 rings (SSSR count). The second-order valence-corrected chi connectivity index (χ2v) is 5.96. The van der Waals surface area contributed by atoms with Crippen molar-refractivity contribution >= 4 is 11.6 Å². The van der Waals surface area contributed by atoms with E-state index in [1.54, 1.807) is 4.90 Å². The SMILES string of the molecule is CN1CC2CC(C1)N2C(c1ccc(Cl)nc1)C(F)(F)F. The number of aromatic nitrogens is 1. The minimum Gasteiger partial charge on any atom is -0.303 e. The molecule has 4 heterocycles. The van der Waals surface area contributed by atoms with E-state index in [0.717, 1.165) is 6.42 Å². The summed E-state index contributed by atoms with van der Waals surface area (Å²) in [5.74, 6) is 0. The van der Waals surface area contributed by atoms with Crippen molar-refractivity contribution in [1.29, 1.82) is 0 Å². The van der Waals surface area contributed by atoms with Crippen LogP contribution in [0.5, 0.6) is 0 Å². The highest BCUT2D eigenvalue weighted by Gasteiger charge is 2.55. The number of piperidine rings is 1. The normalized spacial score (nSPS) is 29.1. The molecule has 3 aliphatic rings. The van der Waals surface area contributed by atoms with E-state index in [0.29, 0.717) is 13.1 Å². The van der Waals surface area contributed by atoms with Crippen LogP contribution in [0.4, 0.5) is 13.2 Å². The van der Waals surface area contributed by atoms with Crippen molar-refractivity contribution < 1.29 is 13.2 Å². The van der Waals surface area contributed by atoms with Crippen LogP contribution in [0.2, 0.25) is 5.15 Å². The number of hydrogen-bond donors (Lipinski definition) is 0. The van der Waals surface area contributed by atoms with Gasteiger partial charge in [0.2, 0.25) is 0 Å². The molecule has 3 saturated heterocycles. The van der Waals surface area contributed by atoms with Gasteiger partial charge >= 0.3 is 6.18 Å². The Hall–Kier alpha value is -0.850. The molecule has 110 valence electrons. The summed E-state index contributed by atoms with van der Waals surface area (Å²) < 4.78 is 40.4. The Bertz CT molecular complexity index is 479. The summed E-state index contributed by atoms with van der Waals surface area (Å²) in [6, 6.07) is 1.20. The fraction of sp³-hybridized carbons (Fsp3) is 0.615. The highest BCUT2D eigenvalue weighted by molar-refractivity contribution is 6.29. The van der Waals surface area contributed by atoms with E-state index < -0.39 is 12.2 Å². The third-order valence-electron chi connectivity index (χ3n) is 4.11. The Labute approximate surface area is 120 Å². The first kappa shape index (κ1) is 14.1. The van der Waals surface area contributed by atoms with Gasteiger partial charge in [-0.2, -0.15) is 13.2 Å². The quantitative estimate of drug-likeness (QED) is 0.783. The van der Waals surface area contributed by atoms with Crippen molar-refractivity contribution in [2.75, 3.05) is 20.1 Å². The molecule has 0 aromatic carbocycles. The number of fused-ring (bicyclic) bond motifs is 2. The lowest BCUT2D eigenvalue weighted by Crippen LogP contribution is -2.69. The van der Waals surface area contributed by atoms with Gasteiger partial charge in [-0.05, 0) is 25.1 Å². The summed E-state index contributed by atoms with van der Waals surface area (Å²) in [6.07, 6.45) is -2.22. The summed E-state index contributed by atoms with van der Waals surface area (Å²) in [5.41, 5.74) is 0.168. The zero-order valence-corrected chi connectivity index (χ0v) is 11.7. The van der Waals surface area contributed by atoms with Gasteiger partial charge in [-0.15, -0.1) is 0 Å². The minimum atomic E-state index is -4.30. The van der Waals surface area contributed by atoms with Crippen LogP contribution in [0, 0.1) is 0 Å². The Morgan fingerprint density at radius 3 is 2.45 bits per heavy atom. The van der Waals surface area contributed by atoms with Gasteiger partial charge in [-0.25, -0.2) is 4.98 Å². The molecule has 1 aromatic heterocycles. The van der Waals surface area contributed by atoms with Crippen molar-refractivity contribution in [1.82, 2.24) is 14.8 Å². The number of nitrogens with zero attached hydrogens (tertiary/aromatic N) is 3. The van der Waals surface area contributed by atoms with Crippen molar-refractivity contribution in [3.8, 4) is 0 Å². The highest BCUT2D eigenvalue weighted by atomic mass is 35.5. The number of piperazine rings is 1. The average Bonchev–Trinajstić information content (AvgIpc) is 2.35. The topological polar surface area (TPSA) is 19.4 Å². The van der Waals surface area contributed by atoms with Crippen LogP contribution in [0.1, 0.15) is 18.0 Å².